The second kappa shape index (κ2) is 8.76. The van der Waals surface area contributed by atoms with Crippen LogP contribution in [0.4, 0.5) is 5.69 Å². The minimum Gasteiger partial charge on any atom is -0.379 e. The first-order valence-electron chi connectivity index (χ1n) is 10.3. The van der Waals surface area contributed by atoms with Gasteiger partial charge in [-0.2, -0.15) is 0 Å². The number of anilines is 1. The lowest BCUT2D eigenvalue weighted by Crippen LogP contribution is -2.35. The Balaban J connectivity index is 1.44. The van der Waals surface area contributed by atoms with E-state index in [4.69, 9.17) is 4.74 Å². The van der Waals surface area contributed by atoms with Crippen LogP contribution in [0.1, 0.15) is 45.2 Å². The van der Waals surface area contributed by atoms with E-state index in [1.54, 1.807) is 6.07 Å². The van der Waals surface area contributed by atoms with Crippen molar-refractivity contribution in [1.82, 2.24) is 9.80 Å². The normalized spacial score (nSPS) is 16.7. The smallest absolute Gasteiger partial charge is 0.256 e. The van der Waals surface area contributed by atoms with Crippen molar-refractivity contribution in [3.63, 3.8) is 0 Å². The quantitative estimate of drug-likeness (QED) is 0.819. The maximum absolute atomic E-state index is 12.9. The standard InChI is InChI=1S/C23H27N3O3/c1-2-10-26-16-18-4-3-5-20(21(18)23(26)28)22(27)24-19-8-6-17(7-9-19)15-25-11-13-29-14-12-25/h3-9H,2,10-16H2,1H3,(H,24,27). The number of carbonyl (C=O) groups excluding carboxylic acids is 2. The Hall–Kier alpha value is -2.70. The molecule has 0 unspecified atom stereocenters. The van der Waals surface area contributed by atoms with E-state index in [1.807, 2.05) is 48.2 Å². The van der Waals surface area contributed by atoms with Crippen molar-refractivity contribution in [3.8, 4) is 0 Å². The zero-order valence-electron chi connectivity index (χ0n) is 16.8. The maximum atomic E-state index is 12.9. The highest BCUT2D eigenvalue weighted by Gasteiger charge is 2.31. The van der Waals surface area contributed by atoms with Crippen molar-refractivity contribution in [3.05, 3.63) is 64.7 Å². The Labute approximate surface area is 171 Å². The molecule has 29 heavy (non-hydrogen) atoms. The van der Waals surface area contributed by atoms with Crippen molar-refractivity contribution >= 4 is 17.5 Å². The summed E-state index contributed by atoms with van der Waals surface area (Å²) < 4.78 is 5.39. The summed E-state index contributed by atoms with van der Waals surface area (Å²) >= 11 is 0. The fraction of sp³-hybridized carbons (Fsp3) is 0.391. The van der Waals surface area contributed by atoms with Crippen LogP contribution in [-0.4, -0.2) is 54.5 Å². The lowest BCUT2D eigenvalue weighted by molar-refractivity contribution is 0.0342. The van der Waals surface area contributed by atoms with Crippen molar-refractivity contribution in [2.45, 2.75) is 26.4 Å². The Bertz CT molecular complexity index is 889. The number of fused-ring (bicyclic) bond motifs is 1. The van der Waals surface area contributed by atoms with Crippen LogP contribution in [0, 0.1) is 0 Å². The molecule has 2 amide bonds. The van der Waals surface area contributed by atoms with Crippen LogP contribution in [0.15, 0.2) is 42.5 Å². The van der Waals surface area contributed by atoms with Gasteiger partial charge in [0.05, 0.1) is 24.3 Å². The van der Waals surface area contributed by atoms with E-state index in [-0.39, 0.29) is 11.8 Å². The highest BCUT2D eigenvalue weighted by atomic mass is 16.5. The first-order chi connectivity index (χ1) is 14.2. The van der Waals surface area contributed by atoms with E-state index >= 15 is 0 Å². The van der Waals surface area contributed by atoms with E-state index in [9.17, 15) is 9.59 Å². The molecular formula is C23H27N3O3. The maximum Gasteiger partial charge on any atom is 0.256 e. The van der Waals surface area contributed by atoms with E-state index in [2.05, 4.69) is 10.2 Å². The number of hydrogen-bond donors (Lipinski definition) is 1. The third-order valence-electron chi connectivity index (χ3n) is 5.47. The molecule has 1 N–H and O–H groups in total. The fourth-order valence-corrected chi connectivity index (χ4v) is 3.97. The molecule has 0 atom stereocenters. The second-order valence-corrected chi connectivity index (χ2v) is 7.61. The van der Waals surface area contributed by atoms with E-state index in [1.165, 1.54) is 5.56 Å². The van der Waals surface area contributed by atoms with Gasteiger partial charge in [-0.25, -0.2) is 0 Å². The molecule has 0 aromatic heterocycles. The summed E-state index contributed by atoms with van der Waals surface area (Å²) in [5, 5.41) is 2.94. The van der Waals surface area contributed by atoms with E-state index in [0.29, 0.717) is 24.2 Å². The molecule has 2 aliphatic heterocycles. The zero-order chi connectivity index (χ0) is 20.2. The Morgan fingerprint density at radius 1 is 1.10 bits per heavy atom. The van der Waals surface area contributed by atoms with Gasteiger partial charge in [-0.15, -0.1) is 0 Å². The van der Waals surface area contributed by atoms with Gasteiger partial charge in [0, 0.05) is 38.4 Å². The van der Waals surface area contributed by atoms with Gasteiger partial charge in [-0.05, 0) is 35.7 Å². The number of nitrogens with one attached hydrogen (secondary N) is 1. The Morgan fingerprint density at radius 2 is 1.86 bits per heavy atom. The molecule has 0 bridgehead atoms. The summed E-state index contributed by atoms with van der Waals surface area (Å²) in [5.41, 5.74) is 3.85. The van der Waals surface area contributed by atoms with Gasteiger partial charge in [0.25, 0.3) is 11.8 Å². The average Bonchev–Trinajstić information content (AvgIpc) is 3.06. The molecule has 1 saturated heterocycles. The third-order valence-corrected chi connectivity index (χ3v) is 5.47. The van der Waals surface area contributed by atoms with E-state index < -0.39 is 0 Å². The number of rotatable bonds is 6. The average molecular weight is 393 g/mol. The first-order valence-corrected chi connectivity index (χ1v) is 10.3. The van der Waals surface area contributed by atoms with Crippen LogP contribution in [0.5, 0.6) is 0 Å². The molecule has 6 nitrogen and oxygen atoms in total. The zero-order valence-corrected chi connectivity index (χ0v) is 16.8. The van der Waals surface area contributed by atoms with Crippen molar-refractivity contribution in [2.24, 2.45) is 0 Å². The van der Waals surface area contributed by atoms with Crippen molar-refractivity contribution in [2.75, 3.05) is 38.2 Å². The largest absolute Gasteiger partial charge is 0.379 e. The van der Waals surface area contributed by atoms with Crippen LogP contribution in [-0.2, 0) is 17.8 Å². The summed E-state index contributed by atoms with van der Waals surface area (Å²) in [5.74, 6) is -0.289. The van der Waals surface area contributed by atoms with Crippen molar-refractivity contribution < 1.29 is 14.3 Å². The molecule has 2 aromatic carbocycles. The summed E-state index contributed by atoms with van der Waals surface area (Å²) in [6, 6.07) is 13.4. The monoisotopic (exact) mass is 393 g/mol. The van der Waals surface area contributed by atoms with E-state index in [0.717, 1.165) is 50.5 Å². The lowest BCUT2D eigenvalue weighted by atomic mass is 10.0. The molecule has 4 rings (SSSR count). The summed E-state index contributed by atoms with van der Waals surface area (Å²) in [6.07, 6.45) is 0.901. The third kappa shape index (κ3) is 4.33. The number of ether oxygens (including phenoxy) is 1. The second-order valence-electron chi connectivity index (χ2n) is 7.61. The molecule has 0 spiro atoms. The SMILES string of the molecule is CCCN1Cc2cccc(C(=O)Nc3ccc(CN4CCOCC4)cc3)c2C1=O. The van der Waals surface area contributed by atoms with Gasteiger partial charge >= 0.3 is 0 Å². The number of benzene rings is 2. The predicted octanol–water partition coefficient (Wildman–Crippen LogP) is 3.14. The molecule has 2 aliphatic rings. The van der Waals surface area contributed by atoms with Crippen LogP contribution in [0.3, 0.4) is 0 Å². The molecular weight excluding hydrogens is 366 g/mol. The highest BCUT2D eigenvalue weighted by molar-refractivity contribution is 6.13. The molecule has 1 fully saturated rings. The van der Waals surface area contributed by atoms with Gasteiger partial charge in [-0.1, -0.05) is 31.2 Å². The molecule has 0 saturated carbocycles. The summed E-state index contributed by atoms with van der Waals surface area (Å²) in [6.45, 7) is 7.67. The number of nitrogens with zero attached hydrogens (tertiary/aromatic N) is 2. The number of carbonyl (C=O) groups is 2. The molecule has 0 radical (unpaired) electrons. The van der Waals surface area contributed by atoms with Gasteiger partial charge in [0.2, 0.25) is 0 Å². The van der Waals surface area contributed by atoms with Crippen molar-refractivity contribution in [1.29, 1.82) is 0 Å². The minimum atomic E-state index is -0.241. The Kier molecular flexibility index (Phi) is 5.92. The van der Waals surface area contributed by atoms with Crippen LogP contribution in [0.25, 0.3) is 0 Å². The van der Waals surface area contributed by atoms with Gasteiger partial charge in [-0.3, -0.25) is 14.5 Å². The summed E-state index contributed by atoms with van der Waals surface area (Å²) in [7, 11) is 0. The predicted molar refractivity (Wildman–Crippen MR) is 112 cm³/mol. The van der Waals surface area contributed by atoms with Crippen LogP contribution >= 0.6 is 0 Å². The molecule has 6 heteroatoms. The number of morpholine rings is 1. The molecule has 2 aromatic rings. The number of amides is 2. The van der Waals surface area contributed by atoms with Crippen LogP contribution in [0.2, 0.25) is 0 Å². The van der Waals surface area contributed by atoms with Gasteiger partial charge in [0.15, 0.2) is 0 Å². The minimum absolute atomic E-state index is 0.0477. The lowest BCUT2D eigenvalue weighted by Gasteiger charge is -2.26. The fourth-order valence-electron chi connectivity index (χ4n) is 3.97. The Morgan fingerprint density at radius 3 is 2.59 bits per heavy atom. The molecule has 152 valence electrons. The molecule has 2 heterocycles. The topological polar surface area (TPSA) is 61.9 Å². The summed E-state index contributed by atoms with van der Waals surface area (Å²) in [4.78, 5) is 29.8. The van der Waals surface area contributed by atoms with Gasteiger partial charge in [0.1, 0.15) is 0 Å². The first kappa shape index (κ1) is 19.6. The van der Waals surface area contributed by atoms with Crippen LogP contribution < -0.4 is 5.32 Å². The highest BCUT2D eigenvalue weighted by Crippen LogP contribution is 2.27. The number of hydrogen-bond acceptors (Lipinski definition) is 4. The molecule has 0 aliphatic carbocycles. The van der Waals surface area contributed by atoms with Gasteiger partial charge < -0.3 is 15.0 Å².